The lowest BCUT2D eigenvalue weighted by atomic mass is 10.0. The topological polar surface area (TPSA) is 9.23 Å². The molecule has 1 heterocycles. The zero-order valence-electron chi connectivity index (χ0n) is 11.8. The van der Waals surface area contributed by atoms with E-state index >= 15 is 0 Å². The number of ether oxygens (including phenoxy) is 1. The maximum atomic E-state index is 13.7. The van der Waals surface area contributed by atoms with Crippen LogP contribution in [0.25, 0.3) is 0 Å². The summed E-state index contributed by atoms with van der Waals surface area (Å²) >= 11 is -0.705. The van der Waals surface area contributed by atoms with Gasteiger partial charge in [0.2, 0.25) is 0 Å². The van der Waals surface area contributed by atoms with Gasteiger partial charge in [0, 0.05) is 28.7 Å². The van der Waals surface area contributed by atoms with Crippen molar-refractivity contribution in [3.63, 3.8) is 0 Å². The summed E-state index contributed by atoms with van der Waals surface area (Å²) in [7, 11) is 0. The Labute approximate surface area is 139 Å². The molecule has 0 unspecified atom stereocenters. The first-order chi connectivity index (χ1) is 11.5. The van der Waals surface area contributed by atoms with Crippen LogP contribution in [-0.2, 0) is 5.92 Å². The number of fused-ring (bicyclic) bond motifs is 1. The fraction of sp³-hybridized carbons (Fsp3) is 0.200. The van der Waals surface area contributed by atoms with E-state index < -0.39 is 68.5 Å². The lowest BCUT2D eigenvalue weighted by Gasteiger charge is -2.17. The van der Waals surface area contributed by atoms with Gasteiger partial charge in [-0.15, -0.1) is 0 Å². The Hall–Kier alpha value is -1.97. The van der Waals surface area contributed by atoms with Crippen LogP contribution in [0.5, 0.6) is 11.5 Å². The third kappa shape index (κ3) is 2.92. The second-order valence-corrected chi connectivity index (χ2v) is 6.18. The van der Waals surface area contributed by atoms with Crippen LogP contribution in [0, 0.1) is 11.6 Å². The van der Waals surface area contributed by atoms with E-state index in [1.807, 2.05) is 0 Å². The summed E-state index contributed by atoms with van der Waals surface area (Å²) < 4.78 is 112. The fourth-order valence-corrected chi connectivity index (χ4v) is 3.40. The van der Waals surface area contributed by atoms with Crippen molar-refractivity contribution in [2.24, 2.45) is 0 Å². The van der Waals surface area contributed by atoms with E-state index in [0.29, 0.717) is 30.3 Å². The van der Waals surface area contributed by atoms with Crippen molar-refractivity contribution in [2.75, 3.05) is 0 Å². The highest BCUT2D eigenvalue weighted by molar-refractivity contribution is 8.00. The second kappa shape index (κ2) is 5.79. The highest BCUT2D eigenvalue weighted by Crippen LogP contribution is 2.63. The number of rotatable bonds is 3. The third-order valence-electron chi connectivity index (χ3n) is 3.37. The fourth-order valence-electron chi connectivity index (χ4n) is 2.30. The van der Waals surface area contributed by atoms with Gasteiger partial charge in [-0.1, -0.05) is 0 Å². The molecule has 0 spiro atoms. The van der Waals surface area contributed by atoms with Crippen LogP contribution >= 0.6 is 11.8 Å². The number of hydrogen-bond acceptors (Lipinski definition) is 2. The molecule has 1 aliphatic rings. The smallest absolute Gasteiger partial charge is 0.364 e. The molecule has 0 N–H and O–H groups in total. The zero-order valence-corrected chi connectivity index (χ0v) is 12.6. The van der Waals surface area contributed by atoms with Gasteiger partial charge in [0.15, 0.2) is 0 Å². The molecule has 1 nitrogen and oxygen atoms in total. The van der Waals surface area contributed by atoms with Gasteiger partial charge in [-0.2, -0.15) is 17.6 Å². The predicted octanol–water partition coefficient (Wildman–Crippen LogP) is 6.49. The maximum Gasteiger partial charge on any atom is 0.364 e. The molecule has 134 valence electrons. The van der Waals surface area contributed by atoms with Gasteiger partial charge in [0.1, 0.15) is 23.1 Å². The highest BCUT2D eigenvalue weighted by Gasteiger charge is 2.65. The maximum absolute atomic E-state index is 13.7. The number of benzene rings is 2. The van der Waals surface area contributed by atoms with Gasteiger partial charge in [0.05, 0.1) is 5.56 Å². The van der Waals surface area contributed by atoms with E-state index in [9.17, 15) is 35.1 Å². The van der Waals surface area contributed by atoms with Crippen LogP contribution in [0.4, 0.5) is 35.1 Å². The summed E-state index contributed by atoms with van der Waals surface area (Å²) in [6.45, 7) is 0. The van der Waals surface area contributed by atoms with Gasteiger partial charge in [-0.25, -0.2) is 17.6 Å². The van der Waals surface area contributed by atoms with Crippen LogP contribution in [0.3, 0.4) is 0 Å². The number of thioether (sulfide) groups is 1. The molecule has 0 atom stereocenters. The van der Waals surface area contributed by atoms with Gasteiger partial charge >= 0.3 is 11.2 Å². The average molecular weight is 386 g/mol. The molecule has 2 aromatic carbocycles. The van der Waals surface area contributed by atoms with E-state index in [1.54, 1.807) is 0 Å². The molecule has 25 heavy (non-hydrogen) atoms. The van der Waals surface area contributed by atoms with Crippen LogP contribution in [0.15, 0.2) is 35.2 Å². The first-order valence-electron chi connectivity index (χ1n) is 6.57. The summed E-state index contributed by atoms with van der Waals surface area (Å²) in [6.07, 6.45) is -3.43. The van der Waals surface area contributed by atoms with Crippen LogP contribution < -0.4 is 4.74 Å². The molecular formula is C15H6F8OS. The standard InChI is InChI=1S/C15H6F8OS/c16-6-3-7(17)5-8(4-6)24-10-2-1-9-12(11(10)13(18)19)25-15(22,23)14(9,20)21/h1-5,13H. The molecule has 0 aromatic heterocycles. The van der Waals surface area contributed by atoms with Crippen molar-refractivity contribution in [2.45, 2.75) is 22.5 Å². The molecule has 0 saturated carbocycles. The molecule has 0 radical (unpaired) electrons. The molecule has 0 fully saturated rings. The van der Waals surface area contributed by atoms with Gasteiger partial charge in [-0.05, 0) is 23.9 Å². The number of alkyl halides is 6. The highest BCUT2D eigenvalue weighted by atomic mass is 32.2. The monoisotopic (exact) mass is 386 g/mol. The summed E-state index contributed by atoms with van der Waals surface area (Å²) in [6, 6.07) is 3.00. The summed E-state index contributed by atoms with van der Waals surface area (Å²) in [5, 5.41) is -4.61. The van der Waals surface area contributed by atoms with Crippen LogP contribution in [0.1, 0.15) is 17.6 Å². The molecule has 2 aromatic rings. The second-order valence-electron chi connectivity index (χ2n) is 5.06. The van der Waals surface area contributed by atoms with Crippen molar-refractivity contribution in [1.82, 2.24) is 0 Å². The largest absolute Gasteiger partial charge is 0.457 e. The molecule has 0 bridgehead atoms. The van der Waals surface area contributed by atoms with Crippen molar-refractivity contribution in [3.8, 4) is 11.5 Å². The van der Waals surface area contributed by atoms with Gasteiger partial charge < -0.3 is 4.74 Å². The Morgan fingerprint density at radius 2 is 1.52 bits per heavy atom. The van der Waals surface area contributed by atoms with Crippen molar-refractivity contribution < 1.29 is 39.9 Å². The summed E-state index contributed by atoms with van der Waals surface area (Å²) in [4.78, 5) is -1.01. The normalized spacial score (nSPS) is 17.6. The van der Waals surface area contributed by atoms with Crippen molar-refractivity contribution >= 4 is 11.8 Å². The Balaban J connectivity index is 2.11. The van der Waals surface area contributed by atoms with E-state index in [-0.39, 0.29) is 0 Å². The minimum Gasteiger partial charge on any atom is -0.457 e. The minimum absolute atomic E-state index is 0.501. The molecule has 1 aliphatic heterocycles. The molecule has 0 saturated heterocycles. The van der Waals surface area contributed by atoms with Gasteiger partial charge in [-0.3, -0.25) is 0 Å². The lowest BCUT2D eigenvalue weighted by Crippen LogP contribution is -2.29. The first kappa shape index (κ1) is 17.8. The number of hydrogen-bond donors (Lipinski definition) is 0. The minimum atomic E-state index is -4.64. The Morgan fingerprint density at radius 3 is 2.08 bits per heavy atom. The van der Waals surface area contributed by atoms with Gasteiger partial charge in [0.25, 0.3) is 6.43 Å². The zero-order chi connectivity index (χ0) is 18.6. The van der Waals surface area contributed by atoms with E-state index in [4.69, 9.17) is 4.74 Å². The summed E-state index contributed by atoms with van der Waals surface area (Å²) in [5.41, 5.74) is -2.44. The Bertz CT molecular complexity index is 816. The Kier molecular flexibility index (Phi) is 4.13. The molecule has 10 heteroatoms. The Morgan fingerprint density at radius 1 is 0.920 bits per heavy atom. The molecule has 0 aliphatic carbocycles. The molecular weight excluding hydrogens is 380 g/mol. The van der Waals surface area contributed by atoms with E-state index in [0.717, 1.165) is 0 Å². The number of halogens is 8. The quantitative estimate of drug-likeness (QED) is 0.558. The van der Waals surface area contributed by atoms with E-state index in [2.05, 4.69) is 0 Å². The molecule has 3 rings (SSSR count). The van der Waals surface area contributed by atoms with Crippen molar-refractivity contribution in [1.29, 1.82) is 0 Å². The summed E-state index contributed by atoms with van der Waals surface area (Å²) in [5.74, 6) is -8.05. The predicted molar refractivity (Wildman–Crippen MR) is 72.5 cm³/mol. The average Bonchev–Trinajstić information content (AvgIpc) is 2.62. The van der Waals surface area contributed by atoms with E-state index in [1.165, 1.54) is 0 Å². The first-order valence-corrected chi connectivity index (χ1v) is 7.38. The lowest BCUT2D eigenvalue weighted by molar-refractivity contribution is -0.154. The third-order valence-corrected chi connectivity index (χ3v) is 4.53. The molecule has 0 amide bonds. The van der Waals surface area contributed by atoms with Crippen LogP contribution in [-0.4, -0.2) is 5.25 Å². The van der Waals surface area contributed by atoms with Crippen molar-refractivity contribution in [3.05, 3.63) is 53.1 Å². The van der Waals surface area contributed by atoms with Crippen LogP contribution in [0.2, 0.25) is 0 Å². The SMILES string of the molecule is Fc1cc(F)cc(Oc2ccc3c(c2C(F)F)SC(F)(F)C3(F)F)c1.